The lowest BCUT2D eigenvalue weighted by Crippen LogP contribution is -2.25. The van der Waals surface area contributed by atoms with Gasteiger partial charge in [-0.05, 0) is 55.9 Å². The third kappa shape index (κ3) is 4.87. The Bertz CT molecular complexity index is 710. The molecule has 0 aliphatic carbocycles. The fourth-order valence-electron chi connectivity index (χ4n) is 2.20. The molecule has 3 nitrogen and oxygen atoms in total. The van der Waals surface area contributed by atoms with Crippen LogP contribution in [0.3, 0.4) is 0 Å². The topological polar surface area (TPSA) is 46.2 Å². The molecule has 0 fully saturated rings. The van der Waals surface area contributed by atoms with Crippen molar-refractivity contribution in [3.05, 3.63) is 59.7 Å². The van der Waals surface area contributed by atoms with E-state index >= 15 is 0 Å². The molecule has 0 radical (unpaired) electrons. The molecule has 0 saturated carbocycles. The smallest absolute Gasteiger partial charge is 0.211 e. The zero-order chi connectivity index (χ0) is 16.0. The Morgan fingerprint density at radius 3 is 2.45 bits per heavy atom. The molecule has 1 N–H and O–H groups in total. The van der Waals surface area contributed by atoms with Gasteiger partial charge in [0, 0.05) is 11.4 Å². The van der Waals surface area contributed by atoms with E-state index in [1.54, 1.807) is 23.9 Å². The zero-order valence-corrected chi connectivity index (χ0v) is 14.5. The highest BCUT2D eigenvalue weighted by molar-refractivity contribution is 7.98. The predicted molar refractivity (Wildman–Crippen MR) is 92.9 cm³/mol. The van der Waals surface area contributed by atoms with E-state index in [1.807, 2.05) is 24.5 Å². The number of hydrogen-bond acceptors (Lipinski definition) is 3. The third-order valence-electron chi connectivity index (χ3n) is 3.39. The van der Waals surface area contributed by atoms with Crippen molar-refractivity contribution in [3.8, 4) is 0 Å². The summed E-state index contributed by atoms with van der Waals surface area (Å²) in [6, 6.07) is 15.2. The maximum Gasteiger partial charge on any atom is 0.240 e. The van der Waals surface area contributed by atoms with Crippen LogP contribution >= 0.6 is 11.8 Å². The molecule has 5 heteroatoms. The van der Waals surface area contributed by atoms with Crippen molar-refractivity contribution >= 4 is 21.8 Å². The number of rotatable bonds is 7. The Hall–Kier alpha value is -1.30. The van der Waals surface area contributed by atoms with Crippen molar-refractivity contribution in [2.24, 2.45) is 0 Å². The molecule has 2 aromatic rings. The maximum absolute atomic E-state index is 12.2. The van der Waals surface area contributed by atoms with Crippen LogP contribution in [0.2, 0.25) is 0 Å². The van der Waals surface area contributed by atoms with Crippen molar-refractivity contribution in [2.75, 3.05) is 12.8 Å². The second-order valence-corrected chi connectivity index (χ2v) is 7.81. The summed E-state index contributed by atoms with van der Waals surface area (Å²) in [4.78, 5) is 1.37. The third-order valence-corrected chi connectivity index (χ3v) is 5.61. The van der Waals surface area contributed by atoms with Gasteiger partial charge in [-0.3, -0.25) is 0 Å². The number of nitrogens with one attached hydrogen (secondary N) is 1. The van der Waals surface area contributed by atoms with Crippen LogP contribution in [0, 0.1) is 6.92 Å². The van der Waals surface area contributed by atoms with E-state index in [2.05, 4.69) is 29.8 Å². The summed E-state index contributed by atoms with van der Waals surface area (Å²) in [6.45, 7) is 2.50. The van der Waals surface area contributed by atoms with Crippen molar-refractivity contribution in [3.63, 3.8) is 0 Å². The SMILES string of the molecule is CSc1ccc(S(=O)(=O)NCCCc2cccc(C)c2)cc1. The average molecular weight is 335 g/mol. The van der Waals surface area contributed by atoms with Gasteiger partial charge in [0.1, 0.15) is 0 Å². The van der Waals surface area contributed by atoms with Gasteiger partial charge in [-0.1, -0.05) is 29.8 Å². The fourth-order valence-corrected chi connectivity index (χ4v) is 3.69. The summed E-state index contributed by atoms with van der Waals surface area (Å²) < 4.78 is 27.0. The predicted octanol–water partition coefficient (Wildman–Crippen LogP) is 3.63. The molecule has 22 heavy (non-hydrogen) atoms. The Morgan fingerprint density at radius 2 is 1.82 bits per heavy atom. The summed E-state index contributed by atoms with van der Waals surface area (Å²) >= 11 is 1.59. The average Bonchev–Trinajstić information content (AvgIpc) is 2.52. The van der Waals surface area contributed by atoms with Crippen LogP contribution in [-0.4, -0.2) is 21.2 Å². The summed E-state index contributed by atoms with van der Waals surface area (Å²) in [5, 5.41) is 0. The first-order valence-corrected chi connectivity index (χ1v) is 9.91. The molecule has 0 amide bonds. The van der Waals surface area contributed by atoms with Crippen LogP contribution in [0.15, 0.2) is 58.3 Å². The molecule has 0 aliphatic heterocycles. The zero-order valence-electron chi connectivity index (χ0n) is 12.9. The summed E-state index contributed by atoms with van der Waals surface area (Å²) in [7, 11) is -3.41. The molecule has 0 aromatic heterocycles. The summed E-state index contributed by atoms with van der Waals surface area (Å²) in [5.74, 6) is 0. The Labute approximate surface area is 137 Å². The second kappa shape index (κ2) is 7.81. The van der Waals surface area contributed by atoms with E-state index in [0.717, 1.165) is 17.7 Å². The molecule has 2 rings (SSSR count). The van der Waals surface area contributed by atoms with Gasteiger partial charge in [-0.25, -0.2) is 13.1 Å². The minimum absolute atomic E-state index is 0.320. The van der Waals surface area contributed by atoms with Gasteiger partial charge < -0.3 is 0 Å². The molecule has 0 aliphatic rings. The summed E-state index contributed by atoms with van der Waals surface area (Å²) in [6.07, 6.45) is 3.62. The first-order chi connectivity index (χ1) is 10.5. The molecule has 0 atom stereocenters. The maximum atomic E-state index is 12.2. The quantitative estimate of drug-likeness (QED) is 0.621. The van der Waals surface area contributed by atoms with Crippen LogP contribution < -0.4 is 4.72 Å². The molecule has 0 unspecified atom stereocenters. The fraction of sp³-hybridized carbons (Fsp3) is 0.294. The van der Waals surface area contributed by atoms with Gasteiger partial charge in [-0.15, -0.1) is 11.8 Å². The van der Waals surface area contributed by atoms with Gasteiger partial charge in [0.25, 0.3) is 0 Å². The van der Waals surface area contributed by atoms with Gasteiger partial charge >= 0.3 is 0 Å². The van der Waals surface area contributed by atoms with E-state index < -0.39 is 10.0 Å². The molecule has 118 valence electrons. The van der Waals surface area contributed by atoms with Crippen LogP contribution in [0.1, 0.15) is 17.5 Å². The number of benzene rings is 2. The molecule has 0 heterocycles. The van der Waals surface area contributed by atoms with Crippen molar-refractivity contribution in [1.82, 2.24) is 4.72 Å². The minimum Gasteiger partial charge on any atom is -0.211 e. The van der Waals surface area contributed by atoms with Crippen LogP contribution in [0.5, 0.6) is 0 Å². The number of aryl methyl sites for hydroxylation is 2. The molecule has 2 aromatic carbocycles. The first-order valence-electron chi connectivity index (χ1n) is 7.20. The van der Waals surface area contributed by atoms with Gasteiger partial charge in [0.05, 0.1) is 4.90 Å². The minimum atomic E-state index is -3.41. The molecule has 0 saturated heterocycles. The highest BCUT2D eigenvalue weighted by Gasteiger charge is 2.12. The standard InChI is InChI=1S/C17H21NO2S2/c1-14-5-3-6-15(13-14)7-4-12-18-22(19,20)17-10-8-16(21-2)9-11-17/h3,5-6,8-11,13,18H,4,7,12H2,1-2H3. The van der Waals surface area contributed by atoms with E-state index in [-0.39, 0.29) is 0 Å². The van der Waals surface area contributed by atoms with Crippen molar-refractivity contribution in [1.29, 1.82) is 0 Å². The van der Waals surface area contributed by atoms with E-state index in [1.165, 1.54) is 11.1 Å². The van der Waals surface area contributed by atoms with Crippen molar-refractivity contribution in [2.45, 2.75) is 29.6 Å². The lowest BCUT2D eigenvalue weighted by atomic mass is 10.1. The lowest BCUT2D eigenvalue weighted by molar-refractivity contribution is 0.579. The summed E-state index contributed by atoms with van der Waals surface area (Å²) in [5.41, 5.74) is 2.47. The normalized spacial score (nSPS) is 11.5. The van der Waals surface area contributed by atoms with Gasteiger partial charge in [0.15, 0.2) is 0 Å². The highest BCUT2D eigenvalue weighted by atomic mass is 32.2. The number of sulfonamides is 1. The van der Waals surface area contributed by atoms with Crippen LogP contribution in [0.4, 0.5) is 0 Å². The Morgan fingerprint density at radius 1 is 1.09 bits per heavy atom. The molecule has 0 bridgehead atoms. The highest BCUT2D eigenvalue weighted by Crippen LogP contribution is 2.17. The monoisotopic (exact) mass is 335 g/mol. The largest absolute Gasteiger partial charge is 0.240 e. The molecular weight excluding hydrogens is 314 g/mol. The molecular formula is C17H21NO2S2. The Kier molecular flexibility index (Phi) is 6.06. The number of thioether (sulfide) groups is 1. The molecule has 0 spiro atoms. The van der Waals surface area contributed by atoms with Gasteiger partial charge in [-0.2, -0.15) is 0 Å². The van der Waals surface area contributed by atoms with Crippen LogP contribution in [-0.2, 0) is 16.4 Å². The van der Waals surface area contributed by atoms with E-state index in [0.29, 0.717) is 11.4 Å². The van der Waals surface area contributed by atoms with Crippen molar-refractivity contribution < 1.29 is 8.42 Å². The van der Waals surface area contributed by atoms with Gasteiger partial charge in [0.2, 0.25) is 10.0 Å². The number of hydrogen-bond donors (Lipinski definition) is 1. The van der Waals surface area contributed by atoms with Crippen LogP contribution in [0.25, 0.3) is 0 Å². The second-order valence-electron chi connectivity index (χ2n) is 5.17. The van der Waals surface area contributed by atoms with E-state index in [4.69, 9.17) is 0 Å². The first kappa shape index (κ1) is 17.1. The van der Waals surface area contributed by atoms with E-state index in [9.17, 15) is 8.42 Å². The Balaban J connectivity index is 1.87. The lowest BCUT2D eigenvalue weighted by Gasteiger charge is -2.07.